The Kier molecular flexibility index (Phi) is 6.40. The van der Waals surface area contributed by atoms with Crippen LogP contribution in [0, 0.1) is 0 Å². The van der Waals surface area contributed by atoms with Crippen LogP contribution in [0.3, 0.4) is 0 Å². The summed E-state index contributed by atoms with van der Waals surface area (Å²) in [6, 6.07) is 25.3. The van der Waals surface area contributed by atoms with E-state index in [0.29, 0.717) is 11.4 Å². The third kappa shape index (κ3) is 4.89. The number of sulfone groups is 1. The van der Waals surface area contributed by atoms with E-state index in [0.717, 1.165) is 36.4 Å². The van der Waals surface area contributed by atoms with Crippen molar-refractivity contribution in [2.75, 3.05) is 25.0 Å². The number of nitrogens with one attached hydrogen (secondary N) is 1. The molecule has 0 saturated heterocycles. The number of fused-ring (bicyclic) bond motifs is 1. The fourth-order valence-corrected chi connectivity index (χ4v) is 6.02. The predicted molar refractivity (Wildman–Crippen MR) is 132 cm³/mol. The van der Waals surface area contributed by atoms with Crippen LogP contribution < -0.4 is 5.32 Å². The molecule has 32 heavy (non-hydrogen) atoms. The van der Waals surface area contributed by atoms with Gasteiger partial charge in [0.05, 0.1) is 4.90 Å². The molecule has 0 aliphatic carbocycles. The van der Waals surface area contributed by atoms with Crippen molar-refractivity contribution in [2.45, 2.75) is 42.9 Å². The zero-order valence-corrected chi connectivity index (χ0v) is 19.9. The second-order valence-corrected chi connectivity index (χ2v) is 11.7. The maximum absolute atomic E-state index is 13.9. The van der Waals surface area contributed by atoms with Crippen LogP contribution in [-0.2, 0) is 21.8 Å². The van der Waals surface area contributed by atoms with E-state index in [2.05, 4.69) is 43.1 Å². The van der Waals surface area contributed by atoms with Gasteiger partial charge in [-0.25, -0.2) is 8.42 Å². The highest BCUT2D eigenvalue weighted by Crippen LogP contribution is 2.32. The molecule has 5 heteroatoms. The van der Waals surface area contributed by atoms with E-state index in [-0.39, 0.29) is 5.41 Å². The fraction of sp³-hybridized carbons (Fsp3) is 0.333. The van der Waals surface area contributed by atoms with Crippen molar-refractivity contribution in [2.24, 2.45) is 0 Å². The van der Waals surface area contributed by atoms with Gasteiger partial charge in [0.25, 0.3) is 0 Å². The first-order valence-electron chi connectivity index (χ1n) is 11.2. The maximum atomic E-state index is 13.9. The Bertz CT molecular complexity index is 1150. The molecule has 3 aromatic rings. The molecular weight excluding hydrogens is 416 g/mol. The smallest absolute Gasteiger partial charge is 0.186 e. The summed E-state index contributed by atoms with van der Waals surface area (Å²) >= 11 is 0. The summed E-state index contributed by atoms with van der Waals surface area (Å²) in [5, 5.41) is 2.84. The summed E-state index contributed by atoms with van der Waals surface area (Å²) in [6.45, 7) is 9.15. The summed E-state index contributed by atoms with van der Waals surface area (Å²) < 4.78 is 27.7. The average Bonchev–Trinajstić information content (AvgIpc) is 2.99. The van der Waals surface area contributed by atoms with Crippen LogP contribution in [0.15, 0.2) is 83.8 Å². The van der Waals surface area contributed by atoms with Crippen molar-refractivity contribution in [3.05, 3.63) is 95.6 Å². The zero-order chi connectivity index (χ0) is 22.8. The van der Waals surface area contributed by atoms with Crippen LogP contribution in [0.1, 0.15) is 42.7 Å². The van der Waals surface area contributed by atoms with Gasteiger partial charge in [-0.05, 0) is 40.3 Å². The van der Waals surface area contributed by atoms with Crippen molar-refractivity contribution >= 4 is 15.5 Å². The number of para-hydroxylation sites is 1. The molecule has 0 spiro atoms. The second-order valence-electron chi connectivity index (χ2n) is 9.54. The van der Waals surface area contributed by atoms with E-state index in [4.69, 9.17) is 0 Å². The molecule has 0 saturated carbocycles. The number of hydrogen-bond acceptors (Lipinski definition) is 4. The lowest BCUT2D eigenvalue weighted by Crippen LogP contribution is -2.33. The molecule has 0 bridgehead atoms. The van der Waals surface area contributed by atoms with Gasteiger partial charge in [0.15, 0.2) is 9.84 Å². The summed E-state index contributed by atoms with van der Waals surface area (Å²) in [7, 11) is -3.57. The van der Waals surface area contributed by atoms with Crippen LogP contribution in [0.2, 0.25) is 0 Å². The van der Waals surface area contributed by atoms with Crippen LogP contribution in [0.5, 0.6) is 0 Å². The summed E-state index contributed by atoms with van der Waals surface area (Å²) in [4.78, 5) is 2.63. The minimum atomic E-state index is -3.57. The van der Waals surface area contributed by atoms with Gasteiger partial charge in [0, 0.05) is 31.9 Å². The highest BCUT2D eigenvalue weighted by atomic mass is 32.2. The van der Waals surface area contributed by atoms with Crippen molar-refractivity contribution in [1.82, 2.24) is 4.90 Å². The topological polar surface area (TPSA) is 49.4 Å². The Morgan fingerprint density at radius 2 is 1.56 bits per heavy atom. The summed E-state index contributed by atoms with van der Waals surface area (Å²) in [6.07, 6.45) is 0. The number of hydrogen-bond donors (Lipinski definition) is 1. The molecule has 1 aliphatic rings. The molecule has 168 valence electrons. The van der Waals surface area contributed by atoms with Gasteiger partial charge in [-0.15, -0.1) is 0 Å². The van der Waals surface area contributed by atoms with Crippen LogP contribution in [0.4, 0.5) is 5.69 Å². The highest BCUT2D eigenvalue weighted by molar-refractivity contribution is 7.91. The van der Waals surface area contributed by atoms with Gasteiger partial charge in [-0.2, -0.15) is 0 Å². The third-order valence-corrected chi connectivity index (χ3v) is 8.27. The summed E-state index contributed by atoms with van der Waals surface area (Å²) in [5.74, 6) is 0. The molecule has 3 aromatic carbocycles. The van der Waals surface area contributed by atoms with Crippen molar-refractivity contribution < 1.29 is 8.42 Å². The Morgan fingerprint density at radius 1 is 0.906 bits per heavy atom. The molecule has 4 nitrogen and oxygen atoms in total. The first kappa shape index (κ1) is 22.6. The standard InChI is InChI=1S/C27H32N2O2S/c1-27(2,3)23-13-15-24(16-14-23)32(30,31)26(21-9-5-4-6-10-21)20-29-18-17-28-25-12-8-7-11-22(25)19-29/h4-16,26,28H,17-20H2,1-3H3. The Hall–Kier alpha value is -2.63. The minimum Gasteiger partial charge on any atom is -0.383 e. The van der Waals surface area contributed by atoms with Crippen molar-refractivity contribution in [3.63, 3.8) is 0 Å². The van der Waals surface area contributed by atoms with Gasteiger partial charge in [-0.1, -0.05) is 81.4 Å². The lowest BCUT2D eigenvalue weighted by atomic mass is 9.87. The molecule has 1 unspecified atom stereocenters. The Labute approximate surface area is 192 Å². The molecule has 1 heterocycles. The summed E-state index contributed by atoms with van der Waals surface area (Å²) in [5.41, 5.74) is 4.27. The van der Waals surface area contributed by atoms with Gasteiger partial charge in [0.2, 0.25) is 0 Å². The number of nitrogens with zero attached hydrogens (tertiary/aromatic N) is 1. The van der Waals surface area contributed by atoms with E-state index in [1.807, 2.05) is 54.6 Å². The second kappa shape index (κ2) is 9.08. The van der Waals surface area contributed by atoms with Crippen LogP contribution in [-0.4, -0.2) is 33.0 Å². The van der Waals surface area contributed by atoms with E-state index in [1.54, 1.807) is 12.1 Å². The van der Waals surface area contributed by atoms with Crippen molar-refractivity contribution in [3.8, 4) is 0 Å². The zero-order valence-electron chi connectivity index (χ0n) is 19.1. The SMILES string of the molecule is CC(C)(C)c1ccc(S(=O)(=O)C(CN2CCNc3ccccc3C2)c2ccccc2)cc1. The lowest BCUT2D eigenvalue weighted by Gasteiger charge is -2.27. The normalized spacial score (nSPS) is 16.0. The van der Waals surface area contributed by atoms with E-state index < -0.39 is 15.1 Å². The largest absolute Gasteiger partial charge is 0.383 e. The van der Waals surface area contributed by atoms with Gasteiger partial charge >= 0.3 is 0 Å². The monoisotopic (exact) mass is 448 g/mol. The molecular formula is C27H32N2O2S. The molecule has 0 radical (unpaired) electrons. The maximum Gasteiger partial charge on any atom is 0.186 e. The number of benzene rings is 3. The van der Waals surface area contributed by atoms with E-state index >= 15 is 0 Å². The van der Waals surface area contributed by atoms with Gasteiger partial charge in [0.1, 0.15) is 5.25 Å². The Morgan fingerprint density at radius 3 is 2.25 bits per heavy atom. The van der Waals surface area contributed by atoms with E-state index in [9.17, 15) is 8.42 Å². The average molecular weight is 449 g/mol. The first-order chi connectivity index (χ1) is 15.2. The molecule has 4 rings (SSSR count). The lowest BCUT2D eigenvalue weighted by molar-refractivity contribution is 0.279. The number of anilines is 1. The predicted octanol–water partition coefficient (Wildman–Crippen LogP) is 5.43. The van der Waals surface area contributed by atoms with E-state index in [1.165, 1.54) is 5.56 Å². The van der Waals surface area contributed by atoms with Crippen molar-refractivity contribution in [1.29, 1.82) is 0 Å². The van der Waals surface area contributed by atoms with Crippen LogP contribution >= 0.6 is 0 Å². The van der Waals surface area contributed by atoms with Crippen LogP contribution in [0.25, 0.3) is 0 Å². The highest BCUT2D eigenvalue weighted by Gasteiger charge is 2.32. The Balaban J connectivity index is 1.67. The minimum absolute atomic E-state index is 0.0203. The molecule has 0 aromatic heterocycles. The first-order valence-corrected chi connectivity index (χ1v) is 12.7. The quantitative estimate of drug-likeness (QED) is 0.566. The fourth-order valence-electron chi connectivity index (χ4n) is 4.25. The molecule has 0 fully saturated rings. The number of rotatable bonds is 5. The molecule has 1 aliphatic heterocycles. The molecule has 1 atom stereocenters. The molecule has 0 amide bonds. The van der Waals surface area contributed by atoms with Gasteiger partial charge < -0.3 is 5.32 Å². The third-order valence-electron chi connectivity index (χ3n) is 6.17. The molecule has 1 N–H and O–H groups in total. The van der Waals surface area contributed by atoms with Gasteiger partial charge in [-0.3, -0.25) is 4.90 Å².